The fourth-order valence-corrected chi connectivity index (χ4v) is 2.45. The van der Waals surface area contributed by atoms with Gasteiger partial charge in [-0.25, -0.2) is 4.39 Å². The van der Waals surface area contributed by atoms with Gasteiger partial charge in [-0.15, -0.1) is 0 Å². The molecule has 1 atom stereocenters. The third-order valence-corrected chi connectivity index (χ3v) is 3.61. The number of rotatable bonds is 4. The monoisotopic (exact) mass is 292 g/mol. The molecule has 0 aromatic heterocycles. The zero-order valence-electron chi connectivity index (χ0n) is 11.6. The minimum Gasteiger partial charge on any atom is -0.384 e. The predicted octanol–water partition coefficient (Wildman–Crippen LogP) is 4.76. The summed E-state index contributed by atoms with van der Waals surface area (Å²) in [4.78, 5) is 0. The standard InChI is InChI=1S/C17H18ClFO/c1-11(2)10-12-6-8-13(9-7-12)17(20)14-4-3-5-15(19)16(14)18/h3-9,11,17,20H,10H2,1-2H3. The second kappa shape index (κ2) is 6.38. The molecule has 2 aromatic rings. The van der Waals surface area contributed by atoms with E-state index in [4.69, 9.17) is 11.6 Å². The van der Waals surface area contributed by atoms with Crippen molar-refractivity contribution < 1.29 is 9.50 Å². The highest BCUT2D eigenvalue weighted by molar-refractivity contribution is 6.31. The zero-order valence-corrected chi connectivity index (χ0v) is 12.4. The molecule has 1 nitrogen and oxygen atoms in total. The van der Waals surface area contributed by atoms with Gasteiger partial charge >= 0.3 is 0 Å². The molecule has 0 aliphatic heterocycles. The SMILES string of the molecule is CC(C)Cc1ccc(C(O)c2cccc(F)c2Cl)cc1. The highest BCUT2D eigenvalue weighted by Crippen LogP contribution is 2.30. The first-order chi connectivity index (χ1) is 9.49. The van der Waals surface area contributed by atoms with Crippen molar-refractivity contribution in [2.24, 2.45) is 5.92 Å². The van der Waals surface area contributed by atoms with Crippen LogP contribution in [0, 0.1) is 11.7 Å². The fraction of sp³-hybridized carbons (Fsp3) is 0.294. The number of hydrogen-bond donors (Lipinski definition) is 1. The molecule has 1 N–H and O–H groups in total. The fourth-order valence-electron chi connectivity index (χ4n) is 2.22. The maximum absolute atomic E-state index is 13.4. The van der Waals surface area contributed by atoms with Crippen LogP contribution in [0.2, 0.25) is 5.02 Å². The molecule has 0 saturated carbocycles. The number of benzene rings is 2. The number of aliphatic hydroxyl groups excluding tert-OH is 1. The highest BCUT2D eigenvalue weighted by Gasteiger charge is 2.16. The quantitative estimate of drug-likeness (QED) is 0.861. The average Bonchev–Trinajstić information content (AvgIpc) is 2.41. The average molecular weight is 293 g/mol. The Morgan fingerprint density at radius 2 is 1.75 bits per heavy atom. The van der Waals surface area contributed by atoms with Crippen LogP contribution in [-0.2, 0) is 6.42 Å². The van der Waals surface area contributed by atoms with E-state index in [2.05, 4.69) is 13.8 Å². The van der Waals surface area contributed by atoms with Crippen molar-refractivity contribution >= 4 is 11.6 Å². The van der Waals surface area contributed by atoms with E-state index in [0.29, 0.717) is 17.0 Å². The molecule has 3 heteroatoms. The van der Waals surface area contributed by atoms with Crippen LogP contribution in [0.15, 0.2) is 42.5 Å². The Kier molecular flexibility index (Phi) is 4.79. The maximum atomic E-state index is 13.4. The van der Waals surface area contributed by atoms with Crippen LogP contribution in [-0.4, -0.2) is 5.11 Å². The molecule has 0 saturated heterocycles. The summed E-state index contributed by atoms with van der Waals surface area (Å²) in [6.45, 7) is 4.32. The molecular weight excluding hydrogens is 275 g/mol. The zero-order chi connectivity index (χ0) is 14.7. The number of halogens is 2. The van der Waals surface area contributed by atoms with Crippen LogP contribution in [0.1, 0.15) is 36.6 Å². The van der Waals surface area contributed by atoms with E-state index in [1.165, 1.54) is 11.6 Å². The van der Waals surface area contributed by atoms with Gasteiger partial charge in [0, 0.05) is 5.56 Å². The molecule has 0 heterocycles. The van der Waals surface area contributed by atoms with Crippen molar-refractivity contribution in [2.75, 3.05) is 0 Å². The smallest absolute Gasteiger partial charge is 0.142 e. The normalized spacial score (nSPS) is 12.7. The molecule has 0 radical (unpaired) electrons. The summed E-state index contributed by atoms with van der Waals surface area (Å²) in [7, 11) is 0. The van der Waals surface area contributed by atoms with Gasteiger partial charge in [0.1, 0.15) is 11.9 Å². The summed E-state index contributed by atoms with van der Waals surface area (Å²) in [5.41, 5.74) is 2.33. The summed E-state index contributed by atoms with van der Waals surface area (Å²) < 4.78 is 13.4. The van der Waals surface area contributed by atoms with Crippen LogP contribution in [0.5, 0.6) is 0 Å². The summed E-state index contributed by atoms with van der Waals surface area (Å²) in [5, 5.41) is 10.3. The van der Waals surface area contributed by atoms with Gasteiger partial charge in [0.25, 0.3) is 0 Å². The number of hydrogen-bond acceptors (Lipinski definition) is 1. The molecule has 106 valence electrons. The van der Waals surface area contributed by atoms with E-state index >= 15 is 0 Å². The Hall–Kier alpha value is -1.38. The van der Waals surface area contributed by atoms with E-state index in [0.717, 1.165) is 6.42 Å². The van der Waals surface area contributed by atoms with Gasteiger partial charge in [-0.1, -0.05) is 61.8 Å². The summed E-state index contributed by atoms with van der Waals surface area (Å²) in [6, 6.07) is 12.2. The molecule has 0 aliphatic rings. The molecule has 0 amide bonds. The van der Waals surface area contributed by atoms with Crippen molar-refractivity contribution in [1.29, 1.82) is 0 Å². The van der Waals surface area contributed by atoms with E-state index < -0.39 is 11.9 Å². The highest BCUT2D eigenvalue weighted by atomic mass is 35.5. The van der Waals surface area contributed by atoms with Crippen LogP contribution < -0.4 is 0 Å². The van der Waals surface area contributed by atoms with Gasteiger partial charge in [0.15, 0.2) is 0 Å². The Balaban J connectivity index is 2.25. The molecule has 0 bridgehead atoms. The lowest BCUT2D eigenvalue weighted by Gasteiger charge is -2.14. The molecule has 2 aromatic carbocycles. The number of aliphatic hydroxyl groups is 1. The van der Waals surface area contributed by atoms with Crippen molar-refractivity contribution in [3.05, 3.63) is 70.0 Å². The van der Waals surface area contributed by atoms with Gasteiger partial charge in [-0.05, 0) is 29.5 Å². The molecule has 0 aliphatic carbocycles. The third kappa shape index (κ3) is 3.38. The van der Waals surface area contributed by atoms with Gasteiger partial charge in [0.05, 0.1) is 5.02 Å². The van der Waals surface area contributed by atoms with E-state index in [1.54, 1.807) is 12.1 Å². The van der Waals surface area contributed by atoms with Crippen LogP contribution >= 0.6 is 11.6 Å². The van der Waals surface area contributed by atoms with Crippen molar-refractivity contribution in [2.45, 2.75) is 26.4 Å². The molecule has 0 fully saturated rings. The molecule has 2 rings (SSSR count). The summed E-state index contributed by atoms with van der Waals surface area (Å²) in [5.74, 6) is 0.0723. The van der Waals surface area contributed by atoms with Crippen LogP contribution in [0.4, 0.5) is 4.39 Å². The van der Waals surface area contributed by atoms with Gasteiger partial charge in [-0.2, -0.15) is 0 Å². The minimum absolute atomic E-state index is 0.0220. The molecule has 20 heavy (non-hydrogen) atoms. The Morgan fingerprint density at radius 1 is 1.10 bits per heavy atom. The van der Waals surface area contributed by atoms with Gasteiger partial charge in [-0.3, -0.25) is 0 Å². The van der Waals surface area contributed by atoms with Crippen molar-refractivity contribution in [3.8, 4) is 0 Å². The summed E-state index contributed by atoms with van der Waals surface area (Å²) in [6.07, 6.45) is 0.0863. The maximum Gasteiger partial charge on any atom is 0.142 e. The van der Waals surface area contributed by atoms with Crippen LogP contribution in [0.3, 0.4) is 0 Å². The lowest BCUT2D eigenvalue weighted by Crippen LogP contribution is -2.02. The lowest BCUT2D eigenvalue weighted by molar-refractivity contribution is 0.220. The van der Waals surface area contributed by atoms with Crippen LogP contribution in [0.25, 0.3) is 0 Å². The Labute approximate surface area is 124 Å². The predicted molar refractivity (Wildman–Crippen MR) is 80.5 cm³/mol. The first-order valence-electron chi connectivity index (χ1n) is 6.70. The van der Waals surface area contributed by atoms with E-state index in [-0.39, 0.29) is 5.02 Å². The third-order valence-electron chi connectivity index (χ3n) is 3.22. The topological polar surface area (TPSA) is 20.2 Å². The molecular formula is C17H18ClFO. The lowest BCUT2D eigenvalue weighted by atomic mass is 9.97. The van der Waals surface area contributed by atoms with E-state index in [1.807, 2.05) is 24.3 Å². The second-order valence-corrected chi connectivity index (χ2v) is 5.76. The first-order valence-corrected chi connectivity index (χ1v) is 7.07. The van der Waals surface area contributed by atoms with Gasteiger partial charge < -0.3 is 5.11 Å². The van der Waals surface area contributed by atoms with Crippen molar-refractivity contribution in [3.63, 3.8) is 0 Å². The molecule has 0 spiro atoms. The Morgan fingerprint density at radius 3 is 2.35 bits per heavy atom. The van der Waals surface area contributed by atoms with E-state index in [9.17, 15) is 9.50 Å². The minimum atomic E-state index is -0.911. The first kappa shape index (κ1) is 15.0. The second-order valence-electron chi connectivity index (χ2n) is 5.39. The summed E-state index contributed by atoms with van der Waals surface area (Å²) >= 11 is 5.90. The van der Waals surface area contributed by atoms with Gasteiger partial charge in [0.2, 0.25) is 0 Å². The Bertz CT molecular complexity index is 578. The molecule has 1 unspecified atom stereocenters. The van der Waals surface area contributed by atoms with Crippen molar-refractivity contribution in [1.82, 2.24) is 0 Å². The largest absolute Gasteiger partial charge is 0.384 e.